The zero-order valence-corrected chi connectivity index (χ0v) is 10.1. The Morgan fingerprint density at radius 2 is 2.07 bits per heavy atom. The van der Waals surface area contributed by atoms with Gasteiger partial charge in [-0.05, 0) is 51.6 Å². The molecule has 2 heteroatoms. The Labute approximate surface area is 88.8 Å². The van der Waals surface area contributed by atoms with Gasteiger partial charge >= 0.3 is 0 Å². The summed E-state index contributed by atoms with van der Waals surface area (Å²) < 4.78 is 0. The SMILES string of the molecule is CCC(C)(CN)N1CCCC(C)CC1. The van der Waals surface area contributed by atoms with Crippen LogP contribution in [0.25, 0.3) is 0 Å². The zero-order chi connectivity index (χ0) is 10.6. The second-order valence-corrected chi connectivity index (χ2v) is 5.08. The van der Waals surface area contributed by atoms with E-state index in [0.29, 0.717) is 0 Å². The zero-order valence-electron chi connectivity index (χ0n) is 10.1. The van der Waals surface area contributed by atoms with E-state index in [4.69, 9.17) is 5.73 Å². The van der Waals surface area contributed by atoms with Gasteiger partial charge in [0.05, 0.1) is 0 Å². The van der Waals surface area contributed by atoms with Crippen LogP contribution >= 0.6 is 0 Å². The van der Waals surface area contributed by atoms with E-state index in [2.05, 4.69) is 25.7 Å². The van der Waals surface area contributed by atoms with Crippen molar-refractivity contribution in [3.63, 3.8) is 0 Å². The summed E-state index contributed by atoms with van der Waals surface area (Å²) in [7, 11) is 0. The maximum Gasteiger partial charge on any atom is 0.0300 e. The fraction of sp³-hybridized carbons (Fsp3) is 1.00. The van der Waals surface area contributed by atoms with Crippen molar-refractivity contribution in [3.8, 4) is 0 Å². The number of rotatable bonds is 3. The lowest BCUT2D eigenvalue weighted by atomic mass is 9.96. The van der Waals surface area contributed by atoms with Crippen LogP contribution in [0.15, 0.2) is 0 Å². The molecule has 0 aliphatic carbocycles. The van der Waals surface area contributed by atoms with E-state index in [-0.39, 0.29) is 5.54 Å². The van der Waals surface area contributed by atoms with Crippen LogP contribution < -0.4 is 5.73 Å². The maximum absolute atomic E-state index is 5.89. The molecule has 1 aliphatic rings. The summed E-state index contributed by atoms with van der Waals surface area (Å²) in [5, 5.41) is 0. The molecule has 1 rings (SSSR count). The van der Waals surface area contributed by atoms with Gasteiger partial charge in [0.1, 0.15) is 0 Å². The largest absolute Gasteiger partial charge is 0.329 e. The first-order valence-corrected chi connectivity index (χ1v) is 6.07. The van der Waals surface area contributed by atoms with Gasteiger partial charge in [-0.1, -0.05) is 13.8 Å². The summed E-state index contributed by atoms with van der Waals surface area (Å²) in [5.74, 6) is 0.902. The van der Waals surface area contributed by atoms with Gasteiger partial charge < -0.3 is 5.73 Å². The molecule has 0 radical (unpaired) electrons. The lowest BCUT2D eigenvalue weighted by Crippen LogP contribution is -2.51. The fourth-order valence-electron chi connectivity index (χ4n) is 2.30. The first-order chi connectivity index (χ1) is 6.62. The molecular weight excluding hydrogens is 172 g/mol. The van der Waals surface area contributed by atoms with Crippen LogP contribution in [0.3, 0.4) is 0 Å². The Kier molecular flexibility index (Phi) is 4.39. The molecule has 0 spiro atoms. The highest BCUT2D eigenvalue weighted by atomic mass is 15.2. The van der Waals surface area contributed by atoms with Gasteiger partial charge in [0.25, 0.3) is 0 Å². The Hall–Kier alpha value is -0.0800. The van der Waals surface area contributed by atoms with Gasteiger partial charge in [-0.15, -0.1) is 0 Å². The van der Waals surface area contributed by atoms with Crippen molar-refractivity contribution in [1.82, 2.24) is 4.90 Å². The molecule has 0 amide bonds. The van der Waals surface area contributed by atoms with Crippen molar-refractivity contribution in [2.75, 3.05) is 19.6 Å². The molecule has 2 N–H and O–H groups in total. The lowest BCUT2D eigenvalue weighted by molar-refractivity contribution is 0.109. The number of hydrogen-bond acceptors (Lipinski definition) is 2. The molecule has 2 nitrogen and oxygen atoms in total. The smallest absolute Gasteiger partial charge is 0.0300 e. The molecule has 0 aromatic rings. The van der Waals surface area contributed by atoms with E-state index in [1.54, 1.807) is 0 Å². The fourth-order valence-corrected chi connectivity index (χ4v) is 2.30. The molecule has 1 fully saturated rings. The van der Waals surface area contributed by atoms with Crippen LogP contribution in [0, 0.1) is 5.92 Å². The van der Waals surface area contributed by atoms with E-state index in [9.17, 15) is 0 Å². The molecule has 2 atom stereocenters. The molecule has 1 heterocycles. The van der Waals surface area contributed by atoms with Crippen LogP contribution in [0.2, 0.25) is 0 Å². The molecule has 0 aromatic carbocycles. The summed E-state index contributed by atoms with van der Waals surface area (Å²) in [5.41, 5.74) is 6.13. The molecular formula is C12H26N2. The van der Waals surface area contributed by atoms with Gasteiger partial charge in [0, 0.05) is 12.1 Å². The minimum Gasteiger partial charge on any atom is -0.329 e. The number of nitrogens with two attached hydrogens (primary N) is 1. The highest BCUT2D eigenvalue weighted by molar-refractivity contribution is 4.87. The third-order valence-corrected chi connectivity index (χ3v) is 3.98. The Bertz CT molecular complexity index is 164. The van der Waals surface area contributed by atoms with Crippen molar-refractivity contribution in [2.24, 2.45) is 11.7 Å². The molecule has 84 valence electrons. The predicted octanol–water partition coefficient (Wildman–Crippen LogP) is 2.24. The minimum atomic E-state index is 0.240. The Balaban J connectivity index is 2.57. The standard InChI is InChI=1S/C12H26N2/c1-4-12(3,10-13)14-8-5-6-11(2)7-9-14/h11H,4-10,13H2,1-3H3. The molecule has 14 heavy (non-hydrogen) atoms. The Morgan fingerprint density at radius 3 is 2.64 bits per heavy atom. The van der Waals surface area contributed by atoms with E-state index in [1.165, 1.54) is 32.4 Å². The van der Waals surface area contributed by atoms with Crippen molar-refractivity contribution < 1.29 is 0 Å². The topological polar surface area (TPSA) is 29.3 Å². The normalized spacial score (nSPS) is 29.6. The molecule has 0 aromatic heterocycles. The first kappa shape index (κ1) is 12.0. The quantitative estimate of drug-likeness (QED) is 0.753. The van der Waals surface area contributed by atoms with Crippen molar-refractivity contribution in [3.05, 3.63) is 0 Å². The number of nitrogens with zero attached hydrogens (tertiary/aromatic N) is 1. The van der Waals surface area contributed by atoms with E-state index in [1.807, 2.05) is 0 Å². The van der Waals surface area contributed by atoms with Gasteiger partial charge in [0.2, 0.25) is 0 Å². The van der Waals surface area contributed by atoms with E-state index < -0.39 is 0 Å². The summed E-state index contributed by atoms with van der Waals surface area (Å²) >= 11 is 0. The Morgan fingerprint density at radius 1 is 1.36 bits per heavy atom. The van der Waals surface area contributed by atoms with Gasteiger partial charge in [0.15, 0.2) is 0 Å². The van der Waals surface area contributed by atoms with Crippen LogP contribution in [-0.4, -0.2) is 30.1 Å². The second-order valence-electron chi connectivity index (χ2n) is 5.08. The van der Waals surface area contributed by atoms with Gasteiger partial charge in [-0.3, -0.25) is 4.90 Å². The van der Waals surface area contributed by atoms with Crippen molar-refractivity contribution in [2.45, 2.75) is 52.0 Å². The lowest BCUT2D eigenvalue weighted by Gasteiger charge is -2.39. The third kappa shape index (κ3) is 2.71. The molecule has 0 saturated carbocycles. The predicted molar refractivity (Wildman–Crippen MR) is 62.3 cm³/mol. The van der Waals surface area contributed by atoms with E-state index >= 15 is 0 Å². The maximum atomic E-state index is 5.89. The highest BCUT2D eigenvalue weighted by Gasteiger charge is 2.29. The summed E-state index contributed by atoms with van der Waals surface area (Å²) in [4.78, 5) is 2.61. The van der Waals surface area contributed by atoms with Gasteiger partial charge in [-0.2, -0.15) is 0 Å². The third-order valence-electron chi connectivity index (χ3n) is 3.98. The van der Waals surface area contributed by atoms with Crippen LogP contribution in [-0.2, 0) is 0 Å². The van der Waals surface area contributed by atoms with Crippen LogP contribution in [0.1, 0.15) is 46.5 Å². The van der Waals surface area contributed by atoms with Gasteiger partial charge in [-0.25, -0.2) is 0 Å². The highest BCUT2D eigenvalue weighted by Crippen LogP contribution is 2.24. The second kappa shape index (κ2) is 5.13. The van der Waals surface area contributed by atoms with Crippen molar-refractivity contribution >= 4 is 0 Å². The number of hydrogen-bond donors (Lipinski definition) is 1. The summed E-state index contributed by atoms with van der Waals surface area (Å²) in [6.07, 6.45) is 5.24. The van der Waals surface area contributed by atoms with Crippen LogP contribution in [0.4, 0.5) is 0 Å². The number of likely N-dealkylation sites (tertiary alicyclic amines) is 1. The minimum absolute atomic E-state index is 0.240. The molecule has 1 aliphatic heterocycles. The monoisotopic (exact) mass is 198 g/mol. The first-order valence-electron chi connectivity index (χ1n) is 6.07. The average molecular weight is 198 g/mol. The molecule has 2 unspecified atom stereocenters. The van der Waals surface area contributed by atoms with E-state index in [0.717, 1.165) is 18.9 Å². The molecule has 1 saturated heterocycles. The molecule has 0 bridgehead atoms. The van der Waals surface area contributed by atoms with Crippen molar-refractivity contribution in [1.29, 1.82) is 0 Å². The summed E-state index contributed by atoms with van der Waals surface area (Å²) in [6.45, 7) is 10.2. The van der Waals surface area contributed by atoms with Crippen LogP contribution in [0.5, 0.6) is 0 Å². The average Bonchev–Trinajstić information content (AvgIpc) is 2.42. The summed E-state index contributed by atoms with van der Waals surface area (Å²) in [6, 6.07) is 0.